The van der Waals surface area contributed by atoms with E-state index >= 15 is 0 Å². The van der Waals surface area contributed by atoms with Gasteiger partial charge in [-0.05, 0) is 55.4 Å². The highest BCUT2D eigenvalue weighted by Gasteiger charge is 2.35. The van der Waals surface area contributed by atoms with Crippen LogP contribution >= 0.6 is 0 Å². The van der Waals surface area contributed by atoms with Crippen LogP contribution in [0.1, 0.15) is 49.7 Å². The third-order valence-corrected chi connectivity index (χ3v) is 5.08. The van der Waals surface area contributed by atoms with Gasteiger partial charge in [0.1, 0.15) is 11.4 Å². The molecule has 5 nitrogen and oxygen atoms in total. The zero-order chi connectivity index (χ0) is 16.3. The summed E-state index contributed by atoms with van der Waals surface area (Å²) in [6.07, 6.45) is 6.98. The summed E-state index contributed by atoms with van der Waals surface area (Å²) in [5.74, 6) is 0.805. The standard InChI is InChI=1S/C18H26N2O3/c1-23-15-8-9-16-13(11-15)5-4-10-18(16,22)12-19-17(21)20-14-6-2-3-7-14/h8-9,11,14,22H,2-7,10,12H2,1H3,(H2,19,20,21). The van der Waals surface area contributed by atoms with E-state index < -0.39 is 5.60 Å². The lowest BCUT2D eigenvalue weighted by Gasteiger charge is -2.35. The number of fused-ring (bicyclic) bond motifs is 1. The van der Waals surface area contributed by atoms with E-state index in [4.69, 9.17) is 4.74 Å². The Morgan fingerprint density at radius 3 is 2.87 bits per heavy atom. The van der Waals surface area contributed by atoms with Gasteiger partial charge in [0.05, 0.1) is 13.7 Å². The first-order valence-electron chi connectivity index (χ1n) is 8.55. The third kappa shape index (κ3) is 3.61. The lowest BCUT2D eigenvalue weighted by molar-refractivity contribution is 0.0215. The fourth-order valence-electron chi connectivity index (χ4n) is 3.78. The molecule has 0 aromatic heterocycles. The molecule has 1 saturated carbocycles. The van der Waals surface area contributed by atoms with Crippen molar-refractivity contribution in [1.82, 2.24) is 10.6 Å². The van der Waals surface area contributed by atoms with E-state index in [1.807, 2.05) is 18.2 Å². The Bertz CT molecular complexity index is 569. The Balaban J connectivity index is 1.64. The van der Waals surface area contributed by atoms with Crippen LogP contribution in [-0.2, 0) is 12.0 Å². The Labute approximate surface area is 137 Å². The zero-order valence-electron chi connectivity index (χ0n) is 13.7. The highest BCUT2D eigenvalue weighted by molar-refractivity contribution is 5.74. The van der Waals surface area contributed by atoms with Crippen LogP contribution in [0.15, 0.2) is 18.2 Å². The molecule has 1 fully saturated rings. The van der Waals surface area contributed by atoms with Crippen molar-refractivity contribution in [2.75, 3.05) is 13.7 Å². The van der Waals surface area contributed by atoms with E-state index in [9.17, 15) is 9.90 Å². The predicted octanol–water partition coefficient (Wildman–Crippen LogP) is 2.46. The Morgan fingerprint density at radius 2 is 2.13 bits per heavy atom. The molecule has 2 amide bonds. The van der Waals surface area contributed by atoms with Crippen molar-refractivity contribution in [3.05, 3.63) is 29.3 Å². The molecule has 0 heterocycles. The molecular weight excluding hydrogens is 292 g/mol. The molecular formula is C18H26N2O3. The second-order valence-electron chi connectivity index (χ2n) is 6.72. The summed E-state index contributed by atoms with van der Waals surface area (Å²) in [5, 5.41) is 16.9. The second kappa shape index (κ2) is 6.79. The van der Waals surface area contributed by atoms with E-state index in [-0.39, 0.29) is 18.6 Å². The molecule has 1 unspecified atom stereocenters. The molecule has 0 radical (unpaired) electrons. The van der Waals surface area contributed by atoms with Gasteiger partial charge in [-0.15, -0.1) is 0 Å². The van der Waals surface area contributed by atoms with Gasteiger partial charge in [0, 0.05) is 6.04 Å². The summed E-state index contributed by atoms with van der Waals surface area (Å²) in [7, 11) is 1.64. The minimum Gasteiger partial charge on any atom is -0.497 e. The maximum absolute atomic E-state index is 12.0. The topological polar surface area (TPSA) is 70.6 Å². The quantitative estimate of drug-likeness (QED) is 0.798. The number of aliphatic hydroxyl groups is 1. The summed E-state index contributed by atoms with van der Waals surface area (Å²) in [6, 6.07) is 5.88. The number of hydrogen-bond donors (Lipinski definition) is 3. The van der Waals surface area contributed by atoms with Crippen LogP contribution in [0.5, 0.6) is 5.75 Å². The van der Waals surface area contributed by atoms with E-state index in [0.717, 1.165) is 42.6 Å². The van der Waals surface area contributed by atoms with Gasteiger partial charge in [-0.2, -0.15) is 0 Å². The molecule has 0 spiro atoms. The summed E-state index contributed by atoms with van der Waals surface area (Å²) in [6.45, 7) is 0.241. The van der Waals surface area contributed by atoms with Gasteiger partial charge in [0.15, 0.2) is 0 Å². The molecule has 1 aromatic carbocycles. The molecule has 2 aliphatic carbocycles. The minimum atomic E-state index is -0.993. The number of methoxy groups -OCH3 is 1. The number of ether oxygens (including phenoxy) is 1. The number of carbonyl (C=O) groups excluding carboxylic acids is 1. The van der Waals surface area contributed by atoms with Crippen molar-refractivity contribution in [3.63, 3.8) is 0 Å². The number of rotatable bonds is 4. The van der Waals surface area contributed by atoms with Gasteiger partial charge >= 0.3 is 6.03 Å². The van der Waals surface area contributed by atoms with Crippen LogP contribution in [0, 0.1) is 0 Å². The van der Waals surface area contributed by atoms with Gasteiger partial charge in [-0.25, -0.2) is 4.79 Å². The van der Waals surface area contributed by atoms with E-state index in [0.29, 0.717) is 6.42 Å². The van der Waals surface area contributed by atoms with Crippen LogP contribution < -0.4 is 15.4 Å². The van der Waals surface area contributed by atoms with E-state index in [1.54, 1.807) is 7.11 Å². The van der Waals surface area contributed by atoms with Crippen molar-refractivity contribution >= 4 is 6.03 Å². The molecule has 126 valence electrons. The molecule has 5 heteroatoms. The van der Waals surface area contributed by atoms with Crippen molar-refractivity contribution in [2.24, 2.45) is 0 Å². The van der Waals surface area contributed by atoms with Crippen molar-refractivity contribution in [2.45, 2.75) is 56.6 Å². The fraction of sp³-hybridized carbons (Fsp3) is 0.611. The summed E-state index contributed by atoms with van der Waals surface area (Å²) >= 11 is 0. The fourth-order valence-corrected chi connectivity index (χ4v) is 3.78. The van der Waals surface area contributed by atoms with Crippen molar-refractivity contribution in [1.29, 1.82) is 0 Å². The van der Waals surface area contributed by atoms with E-state index in [2.05, 4.69) is 10.6 Å². The maximum Gasteiger partial charge on any atom is 0.315 e. The summed E-state index contributed by atoms with van der Waals surface area (Å²) in [4.78, 5) is 12.0. The Hall–Kier alpha value is -1.75. The number of amides is 2. The van der Waals surface area contributed by atoms with Gasteiger partial charge in [0.25, 0.3) is 0 Å². The first kappa shape index (κ1) is 16.1. The molecule has 2 aliphatic rings. The zero-order valence-corrected chi connectivity index (χ0v) is 13.7. The van der Waals surface area contributed by atoms with Gasteiger partial charge < -0.3 is 20.5 Å². The number of benzene rings is 1. The number of urea groups is 1. The number of hydrogen-bond acceptors (Lipinski definition) is 3. The number of carbonyl (C=O) groups is 1. The lowest BCUT2D eigenvalue weighted by Crippen LogP contribution is -2.48. The van der Waals surface area contributed by atoms with Gasteiger partial charge in [0.2, 0.25) is 0 Å². The van der Waals surface area contributed by atoms with E-state index in [1.165, 1.54) is 12.8 Å². The Morgan fingerprint density at radius 1 is 1.35 bits per heavy atom. The smallest absolute Gasteiger partial charge is 0.315 e. The number of nitrogens with one attached hydrogen (secondary N) is 2. The van der Waals surface area contributed by atoms with Crippen LogP contribution in [0.2, 0.25) is 0 Å². The first-order valence-corrected chi connectivity index (χ1v) is 8.55. The second-order valence-corrected chi connectivity index (χ2v) is 6.72. The van der Waals surface area contributed by atoms with Crippen LogP contribution in [0.25, 0.3) is 0 Å². The van der Waals surface area contributed by atoms with Gasteiger partial charge in [-0.3, -0.25) is 0 Å². The van der Waals surface area contributed by atoms with Crippen LogP contribution in [0.3, 0.4) is 0 Å². The molecule has 1 atom stereocenters. The molecule has 0 saturated heterocycles. The lowest BCUT2D eigenvalue weighted by atomic mass is 9.79. The van der Waals surface area contributed by atoms with Crippen LogP contribution in [-0.4, -0.2) is 30.8 Å². The monoisotopic (exact) mass is 318 g/mol. The largest absolute Gasteiger partial charge is 0.497 e. The molecule has 3 rings (SSSR count). The Kier molecular flexibility index (Phi) is 4.76. The molecule has 3 N–H and O–H groups in total. The molecule has 0 bridgehead atoms. The highest BCUT2D eigenvalue weighted by atomic mass is 16.5. The average Bonchev–Trinajstić information content (AvgIpc) is 3.06. The molecule has 0 aliphatic heterocycles. The SMILES string of the molecule is COc1ccc2c(c1)CCCC2(O)CNC(=O)NC1CCCC1. The maximum atomic E-state index is 12.0. The highest BCUT2D eigenvalue weighted by Crippen LogP contribution is 2.36. The summed E-state index contributed by atoms with van der Waals surface area (Å²) < 4.78 is 5.26. The molecule has 1 aromatic rings. The van der Waals surface area contributed by atoms with Crippen LogP contribution in [0.4, 0.5) is 4.79 Å². The normalized spacial score (nSPS) is 24.1. The first-order chi connectivity index (χ1) is 11.1. The summed E-state index contributed by atoms with van der Waals surface area (Å²) in [5.41, 5.74) is 1.02. The third-order valence-electron chi connectivity index (χ3n) is 5.08. The number of aryl methyl sites for hydroxylation is 1. The van der Waals surface area contributed by atoms with Gasteiger partial charge in [-0.1, -0.05) is 18.9 Å². The van der Waals surface area contributed by atoms with Crippen molar-refractivity contribution < 1.29 is 14.6 Å². The predicted molar refractivity (Wildman–Crippen MR) is 88.6 cm³/mol. The average molecular weight is 318 g/mol. The minimum absolute atomic E-state index is 0.175. The van der Waals surface area contributed by atoms with Crippen molar-refractivity contribution in [3.8, 4) is 5.75 Å². The molecule has 23 heavy (non-hydrogen) atoms.